The maximum atomic E-state index is 10.8. The highest BCUT2D eigenvalue weighted by atomic mass is 16.5. The van der Waals surface area contributed by atoms with Gasteiger partial charge in [-0.2, -0.15) is 5.10 Å². The molecule has 3 rings (SSSR count). The summed E-state index contributed by atoms with van der Waals surface area (Å²) in [6, 6.07) is 15.2. The molecule has 1 aromatic heterocycles. The van der Waals surface area contributed by atoms with Crippen molar-refractivity contribution in [2.75, 3.05) is 0 Å². The van der Waals surface area contributed by atoms with Gasteiger partial charge < -0.3 is 4.74 Å². The Labute approximate surface area is 123 Å². The number of fused-ring (bicyclic) bond motifs is 1. The van der Waals surface area contributed by atoms with Gasteiger partial charge in [-0.1, -0.05) is 30.3 Å². The van der Waals surface area contributed by atoms with Gasteiger partial charge in [0.25, 0.3) is 0 Å². The largest absolute Gasteiger partial charge is 0.487 e. The first-order valence-corrected chi connectivity index (χ1v) is 6.94. The Morgan fingerprint density at radius 3 is 2.86 bits per heavy atom. The van der Waals surface area contributed by atoms with Crippen molar-refractivity contribution in [2.24, 2.45) is 0 Å². The van der Waals surface area contributed by atoms with E-state index < -0.39 is 0 Å². The molecule has 0 aliphatic heterocycles. The van der Waals surface area contributed by atoms with Crippen molar-refractivity contribution >= 4 is 17.2 Å². The zero-order valence-corrected chi connectivity index (χ0v) is 11.8. The van der Waals surface area contributed by atoms with Gasteiger partial charge in [-0.05, 0) is 25.1 Å². The monoisotopic (exact) mass is 280 g/mol. The molecule has 1 heterocycles. The van der Waals surface area contributed by atoms with Crippen molar-refractivity contribution in [2.45, 2.75) is 20.1 Å². The van der Waals surface area contributed by atoms with E-state index >= 15 is 0 Å². The van der Waals surface area contributed by atoms with Crippen LogP contribution in [0.15, 0.2) is 48.5 Å². The molecule has 0 aliphatic carbocycles. The topological polar surface area (TPSA) is 44.1 Å². The number of aldehydes is 1. The van der Waals surface area contributed by atoms with E-state index in [9.17, 15) is 4.79 Å². The number of ether oxygens (including phenoxy) is 1. The van der Waals surface area contributed by atoms with Crippen LogP contribution in [-0.2, 0) is 13.2 Å². The van der Waals surface area contributed by atoms with Gasteiger partial charge in [0.1, 0.15) is 24.3 Å². The molecule has 0 spiro atoms. The van der Waals surface area contributed by atoms with Crippen LogP contribution < -0.4 is 4.74 Å². The van der Waals surface area contributed by atoms with Crippen LogP contribution in [0.4, 0.5) is 0 Å². The molecular formula is C17H16N2O2. The number of carbonyl (C=O) groups excluding carboxylic acids is 1. The van der Waals surface area contributed by atoms with Crippen LogP contribution >= 0.6 is 0 Å². The highest BCUT2D eigenvalue weighted by Gasteiger charge is 2.09. The predicted octanol–water partition coefficient (Wildman–Crippen LogP) is 3.45. The zero-order valence-electron chi connectivity index (χ0n) is 11.8. The molecule has 4 heteroatoms. The van der Waals surface area contributed by atoms with Gasteiger partial charge in [-0.3, -0.25) is 9.48 Å². The van der Waals surface area contributed by atoms with E-state index in [-0.39, 0.29) is 0 Å². The molecule has 0 N–H and O–H groups in total. The molecule has 0 radical (unpaired) electrons. The molecule has 0 amide bonds. The van der Waals surface area contributed by atoms with E-state index in [1.54, 1.807) is 12.1 Å². The molecule has 3 aromatic rings. The Balaban J connectivity index is 1.86. The van der Waals surface area contributed by atoms with Gasteiger partial charge in [-0.25, -0.2) is 0 Å². The Morgan fingerprint density at radius 1 is 1.19 bits per heavy atom. The minimum atomic E-state index is 0.385. The summed E-state index contributed by atoms with van der Waals surface area (Å²) in [5, 5.41) is 5.69. The Bertz CT molecular complexity index is 777. The number of nitrogens with zero attached hydrogens (tertiary/aromatic N) is 2. The maximum absolute atomic E-state index is 10.8. The molecular weight excluding hydrogens is 264 g/mol. The third-order valence-electron chi connectivity index (χ3n) is 3.40. The fourth-order valence-corrected chi connectivity index (χ4v) is 2.37. The van der Waals surface area contributed by atoms with Crippen LogP contribution in [0.25, 0.3) is 10.9 Å². The quantitative estimate of drug-likeness (QED) is 0.672. The third-order valence-corrected chi connectivity index (χ3v) is 3.40. The molecule has 0 saturated carbocycles. The smallest absolute Gasteiger partial charge is 0.150 e. The summed E-state index contributed by atoms with van der Waals surface area (Å²) in [6.45, 7) is 3.27. The highest BCUT2D eigenvalue weighted by Crippen LogP contribution is 2.20. The van der Waals surface area contributed by atoms with E-state index in [2.05, 4.69) is 24.2 Å². The molecule has 2 aromatic carbocycles. The SMILES string of the molecule is CCn1nc(COc2cccc(C=O)c2)c2ccccc21. The third kappa shape index (κ3) is 2.65. The molecule has 0 fully saturated rings. The molecule has 4 nitrogen and oxygen atoms in total. The van der Waals surface area contributed by atoms with E-state index in [0.717, 1.165) is 29.4 Å². The van der Waals surface area contributed by atoms with Crippen molar-refractivity contribution in [3.05, 3.63) is 59.8 Å². The molecule has 21 heavy (non-hydrogen) atoms. The first kappa shape index (κ1) is 13.4. The summed E-state index contributed by atoms with van der Waals surface area (Å²) in [4.78, 5) is 10.8. The fraction of sp³-hybridized carbons (Fsp3) is 0.176. The first-order chi connectivity index (χ1) is 10.3. The number of para-hydroxylation sites is 1. The normalized spacial score (nSPS) is 10.7. The van der Waals surface area contributed by atoms with E-state index in [1.165, 1.54) is 0 Å². The zero-order chi connectivity index (χ0) is 14.7. The van der Waals surface area contributed by atoms with Crippen molar-refractivity contribution in [3.63, 3.8) is 0 Å². The summed E-state index contributed by atoms with van der Waals surface area (Å²) in [5.74, 6) is 0.676. The first-order valence-electron chi connectivity index (χ1n) is 6.94. The lowest BCUT2D eigenvalue weighted by Crippen LogP contribution is -2.00. The van der Waals surface area contributed by atoms with Gasteiger partial charge in [0, 0.05) is 17.5 Å². The number of hydrogen-bond acceptors (Lipinski definition) is 3. The fourth-order valence-electron chi connectivity index (χ4n) is 2.37. The van der Waals surface area contributed by atoms with E-state index in [0.29, 0.717) is 17.9 Å². The lowest BCUT2D eigenvalue weighted by atomic mass is 10.2. The van der Waals surface area contributed by atoms with Crippen molar-refractivity contribution in [3.8, 4) is 5.75 Å². The average molecular weight is 280 g/mol. The number of carbonyl (C=O) groups is 1. The predicted molar refractivity (Wildman–Crippen MR) is 81.6 cm³/mol. The second-order valence-electron chi connectivity index (χ2n) is 4.76. The maximum Gasteiger partial charge on any atom is 0.150 e. The summed E-state index contributed by atoms with van der Waals surface area (Å²) < 4.78 is 7.73. The molecule has 0 atom stereocenters. The number of aryl methyl sites for hydroxylation is 1. The van der Waals surface area contributed by atoms with E-state index in [1.807, 2.05) is 28.9 Å². The lowest BCUT2D eigenvalue weighted by molar-refractivity contribution is 0.112. The van der Waals surface area contributed by atoms with Crippen LogP contribution in [0.3, 0.4) is 0 Å². The Kier molecular flexibility index (Phi) is 3.69. The second kappa shape index (κ2) is 5.79. The minimum absolute atomic E-state index is 0.385. The van der Waals surface area contributed by atoms with Gasteiger partial charge in [-0.15, -0.1) is 0 Å². The number of hydrogen-bond donors (Lipinski definition) is 0. The van der Waals surface area contributed by atoms with Crippen molar-refractivity contribution < 1.29 is 9.53 Å². The lowest BCUT2D eigenvalue weighted by Gasteiger charge is -2.04. The summed E-state index contributed by atoms with van der Waals surface area (Å²) in [6.07, 6.45) is 0.814. The van der Waals surface area contributed by atoms with Crippen molar-refractivity contribution in [1.29, 1.82) is 0 Å². The molecule has 0 bridgehead atoms. The standard InChI is InChI=1S/C17H16N2O2/c1-2-19-17-9-4-3-8-15(17)16(18-19)12-21-14-7-5-6-13(10-14)11-20/h3-11H,2,12H2,1H3. The van der Waals surface area contributed by atoms with Gasteiger partial charge in [0.15, 0.2) is 0 Å². The molecule has 0 saturated heterocycles. The summed E-state index contributed by atoms with van der Waals surface area (Å²) in [5.41, 5.74) is 2.63. The van der Waals surface area contributed by atoms with Gasteiger partial charge in [0.2, 0.25) is 0 Å². The summed E-state index contributed by atoms with van der Waals surface area (Å²) >= 11 is 0. The minimum Gasteiger partial charge on any atom is -0.487 e. The summed E-state index contributed by atoms with van der Waals surface area (Å²) in [7, 11) is 0. The van der Waals surface area contributed by atoms with E-state index in [4.69, 9.17) is 4.74 Å². The molecule has 0 aliphatic rings. The number of rotatable bonds is 5. The van der Waals surface area contributed by atoms with Crippen LogP contribution in [0.2, 0.25) is 0 Å². The molecule has 106 valence electrons. The number of aromatic nitrogens is 2. The highest BCUT2D eigenvalue weighted by molar-refractivity contribution is 5.81. The van der Waals surface area contributed by atoms with Crippen LogP contribution in [0.5, 0.6) is 5.75 Å². The Morgan fingerprint density at radius 2 is 2.05 bits per heavy atom. The molecule has 0 unspecified atom stereocenters. The van der Waals surface area contributed by atoms with Crippen LogP contribution in [0, 0.1) is 0 Å². The van der Waals surface area contributed by atoms with Crippen LogP contribution in [0.1, 0.15) is 23.0 Å². The van der Waals surface area contributed by atoms with Gasteiger partial charge >= 0.3 is 0 Å². The average Bonchev–Trinajstić information content (AvgIpc) is 2.91. The van der Waals surface area contributed by atoms with Crippen molar-refractivity contribution in [1.82, 2.24) is 9.78 Å². The van der Waals surface area contributed by atoms with Crippen LogP contribution in [-0.4, -0.2) is 16.1 Å². The van der Waals surface area contributed by atoms with Gasteiger partial charge in [0.05, 0.1) is 5.52 Å². The second-order valence-corrected chi connectivity index (χ2v) is 4.76. The Hall–Kier alpha value is -2.62. The number of benzene rings is 2.